The van der Waals surface area contributed by atoms with E-state index in [1.165, 1.54) is 0 Å². The van der Waals surface area contributed by atoms with E-state index in [1.807, 2.05) is 0 Å². The molecule has 0 aliphatic rings. The van der Waals surface area contributed by atoms with Crippen LogP contribution in [0, 0.1) is 23.7 Å². The third-order valence-electron chi connectivity index (χ3n) is 1.89. The van der Waals surface area contributed by atoms with Gasteiger partial charge in [-0.25, -0.2) is 0 Å². The van der Waals surface area contributed by atoms with Crippen LogP contribution in [0.15, 0.2) is 24.3 Å². The highest BCUT2D eigenvalue weighted by molar-refractivity contribution is 6.19. The SMILES string of the molecule is CC#CC(=O)c1ccccc1C(=O)C#CC. The molecule has 0 aliphatic heterocycles. The molecule has 0 amide bonds. The minimum atomic E-state index is -0.357. The maximum atomic E-state index is 11.6. The van der Waals surface area contributed by atoms with E-state index in [0.717, 1.165) is 0 Å². The zero-order valence-corrected chi connectivity index (χ0v) is 9.13. The highest BCUT2D eigenvalue weighted by atomic mass is 16.1. The second-order valence-corrected chi connectivity index (χ2v) is 2.95. The molecule has 1 aromatic rings. The third kappa shape index (κ3) is 2.59. The fraction of sp³-hybridized carbons (Fsp3) is 0.143. The fourth-order valence-electron chi connectivity index (χ4n) is 1.24. The molecule has 0 bridgehead atoms. The lowest BCUT2D eigenvalue weighted by molar-refractivity contribution is 0.102. The summed E-state index contributed by atoms with van der Waals surface area (Å²) in [5.74, 6) is 9.14. The number of carbonyl (C=O) groups excluding carboxylic acids is 2. The number of hydrogen-bond acceptors (Lipinski definition) is 2. The Bertz CT molecular complexity index is 494. The van der Waals surface area contributed by atoms with Crippen LogP contribution >= 0.6 is 0 Å². The van der Waals surface area contributed by atoms with Gasteiger partial charge in [-0.05, 0) is 37.8 Å². The van der Waals surface area contributed by atoms with E-state index in [9.17, 15) is 9.59 Å². The van der Waals surface area contributed by atoms with Gasteiger partial charge in [-0.15, -0.1) is 0 Å². The van der Waals surface area contributed by atoms with Crippen LogP contribution in [-0.4, -0.2) is 11.6 Å². The average molecular weight is 210 g/mol. The first-order valence-electron chi connectivity index (χ1n) is 4.74. The average Bonchev–Trinajstić information content (AvgIpc) is 2.30. The number of carbonyl (C=O) groups is 2. The summed E-state index contributed by atoms with van der Waals surface area (Å²) in [6.45, 7) is 3.16. The Morgan fingerprint density at radius 2 is 1.25 bits per heavy atom. The van der Waals surface area contributed by atoms with E-state index >= 15 is 0 Å². The maximum absolute atomic E-state index is 11.6. The first kappa shape index (κ1) is 11.8. The first-order valence-corrected chi connectivity index (χ1v) is 4.74. The summed E-state index contributed by atoms with van der Waals surface area (Å²) < 4.78 is 0. The molecule has 0 unspecified atom stereocenters. The predicted molar refractivity (Wildman–Crippen MR) is 62.0 cm³/mol. The number of Topliss-reactive ketones (excluding diaryl/α,β-unsaturated/α-hetero) is 2. The van der Waals surface area contributed by atoms with Gasteiger partial charge >= 0.3 is 0 Å². The molecular formula is C14H10O2. The van der Waals surface area contributed by atoms with Crippen LogP contribution in [0.2, 0.25) is 0 Å². The topological polar surface area (TPSA) is 34.1 Å². The fourth-order valence-corrected chi connectivity index (χ4v) is 1.24. The monoisotopic (exact) mass is 210 g/mol. The summed E-state index contributed by atoms with van der Waals surface area (Å²) in [6.07, 6.45) is 0. The summed E-state index contributed by atoms with van der Waals surface area (Å²) in [7, 11) is 0. The molecule has 2 heteroatoms. The van der Waals surface area contributed by atoms with Gasteiger partial charge in [0.25, 0.3) is 0 Å². The molecule has 0 N–H and O–H groups in total. The minimum Gasteiger partial charge on any atom is -0.279 e. The van der Waals surface area contributed by atoms with E-state index in [2.05, 4.69) is 23.7 Å². The van der Waals surface area contributed by atoms with Gasteiger partial charge in [-0.2, -0.15) is 0 Å². The number of ketones is 2. The van der Waals surface area contributed by atoms with Crippen molar-refractivity contribution in [2.75, 3.05) is 0 Å². The standard InChI is InChI=1S/C14H10O2/c1-3-7-13(15)11-9-5-6-10-12(11)14(16)8-4-2/h5-6,9-10H,1-2H3. The molecule has 0 aromatic heterocycles. The Kier molecular flexibility index (Phi) is 4.07. The van der Waals surface area contributed by atoms with Crippen LogP contribution in [0.1, 0.15) is 34.6 Å². The van der Waals surface area contributed by atoms with Crippen molar-refractivity contribution in [3.8, 4) is 23.7 Å². The van der Waals surface area contributed by atoms with E-state index in [-0.39, 0.29) is 11.6 Å². The molecule has 0 heterocycles. The molecule has 16 heavy (non-hydrogen) atoms. The Balaban J connectivity index is 3.27. The van der Waals surface area contributed by atoms with E-state index in [1.54, 1.807) is 38.1 Å². The van der Waals surface area contributed by atoms with Gasteiger partial charge in [0.15, 0.2) is 0 Å². The van der Waals surface area contributed by atoms with Crippen molar-refractivity contribution in [3.05, 3.63) is 35.4 Å². The number of rotatable bonds is 2. The van der Waals surface area contributed by atoms with E-state index in [4.69, 9.17) is 0 Å². The van der Waals surface area contributed by atoms with Crippen molar-refractivity contribution in [1.29, 1.82) is 0 Å². The van der Waals surface area contributed by atoms with Gasteiger partial charge in [0.2, 0.25) is 11.6 Å². The van der Waals surface area contributed by atoms with Crippen LogP contribution in [-0.2, 0) is 0 Å². The molecule has 0 atom stereocenters. The summed E-state index contributed by atoms with van der Waals surface area (Å²) in [4.78, 5) is 23.2. The lowest BCUT2D eigenvalue weighted by Crippen LogP contribution is -2.06. The summed E-state index contributed by atoms with van der Waals surface area (Å²) in [5, 5.41) is 0. The molecule has 0 saturated carbocycles. The molecular weight excluding hydrogens is 200 g/mol. The van der Waals surface area contributed by atoms with Crippen LogP contribution in [0.3, 0.4) is 0 Å². The Labute approximate surface area is 94.7 Å². The largest absolute Gasteiger partial charge is 0.279 e. The van der Waals surface area contributed by atoms with E-state index < -0.39 is 0 Å². The van der Waals surface area contributed by atoms with Crippen molar-refractivity contribution >= 4 is 11.6 Å². The third-order valence-corrected chi connectivity index (χ3v) is 1.89. The lowest BCUT2D eigenvalue weighted by Gasteiger charge is -2.00. The number of hydrogen-bond donors (Lipinski definition) is 0. The zero-order chi connectivity index (χ0) is 12.0. The smallest absolute Gasteiger partial charge is 0.236 e. The highest BCUT2D eigenvalue weighted by Crippen LogP contribution is 2.09. The maximum Gasteiger partial charge on any atom is 0.236 e. The van der Waals surface area contributed by atoms with E-state index in [0.29, 0.717) is 11.1 Å². The Morgan fingerprint density at radius 3 is 1.56 bits per heavy atom. The second kappa shape index (κ2) is 5.53. The van der Waals surface area contributed by atoms with Crippen LogP contribution < -0.4 is 0 Å². The van der Waals surface area contributed by atoms with Gasteiger partial charge in [0, 0.05) is 11.1 Å². The molecule has 1 rings (SSSR count). The lowest BCUT2D eigenvalue weighted by atomic mass is 10.0. The van der Waals surface area contributed by atoms with Gasteiger partial charge in [0.05, 0.1) is 0 Å². The van der Waals surface area contributed by atoms with Crippen molar-refractivity contribution in [3.63, 3.8) is 0 Å². The Morgan fingerprint density at radius 1 is 0.875 bits per heavy atom. The van der Waals surface area contributed by atoms with Gasteiger partial charge in [0.1, 0.15) is 0 Å². The van der Waals surface area contributed by atoms with Gasteiger partial charge in [-0.3, -0.25) is 9.59 Å². The molecule has 2 nitrogen and oxygen atoms in total. The molecule has 0 saturated heterocycles. The summed E-state index contributed by atoms with van der Waals surface area (Å²) in [6, 6.07) is 6.55. The van der Waals surface area contributed by atoms with Crippen LogP contribution in [0.4, 0.5) is 0 Å². The molecule has 78 valence electrons. The molecule has 0 aliphatic carbocycles. The Hall–Kier alpha value is -2.32. The minimum absolute atomic E-state index is 0.310. The van der Waals surface area contributed by atoms with Crippen molar-refractivity contribution < 1.29 is 9.59 Å². The number of benzene rings is 1. The van der Waals surface area contributed by atoms with Crippen molar-refractivity contribution in [2.24, 2.45) is 0 Å². The molecule has 0 spiro atoms. The normalized spacial score (nSPS) is 8.12. The molecule has 1 aromatic carbocycles. The quantitative estimate of drug-likeness (QED) is 0.425. The highest BCUT2D eigenvalue weighted by Gasteiger charge is 2.13. The predicted octanol–water partition coefficient (Wildman–Crippen LogP) is 2.10. The molecule has 0 fully saturated rings. The van der Waals surface area contributed by atoms with Crippen molar-refractivity contribution in [2.45, 2.75) is 13.8 Å². The van der Waals surface area contributed by atoms with Crippen molar-refractivity contribution in [1.82, 2.24) is 0 Å². The summed E-state index contributed by atoms with van der Waals surface area (Å²) in [5.41, 5.74) is 0.620. The molecule has 0 radical (unpaired) electrons. The second-order valence-electron chi connectivity index (χ2n) is 2.95. The van der Waals surface area contributed by atoms with Crippen LogP contribution in [0.25, 0.3) is 0 Å². The zero-order valence-electron chi connectivity index (χ0n) is 9.13. The summed E-state index contributed by atoms with van der Waals surface area (Å²) >= 11 is 0. The van der Waals surface area contributed by atoms with Gasteiger partial charge in [-0.1, -0.05) is 24.0 Å². The van der Waals surface area contributed by atoms with Gasteiger partial charge < -0.3 is 0 Å². The first-order chi connectivity index (χ1) is 7.70. The van der Waals surface area contributed by atoms with Crippen LogP contribution in [0.5, 0.6) is 0 Å².